The summed E-state index contributed by atoms with van der Waals surface area (Å²) in [5.41, 5.74) is 4.72. The van der Waals surface area contributed by atoms with Crippen LogP contribution in [0.15, 0.2) is 72.0 Å². The molecule has 0 fully saturated rings. The number of benzene rings is 2. The predicted molar refractivity (Wildman–Crippen MR) is 142 cm³/mol. The molecule has 0 unspecified atom stereocenters. The lowest BCUT2D eigenvalue weighted by Crippen LogP contribution is -2.37. The Bertz CT molecular complexity index is 928. The Hall–Kier alpha value is -2.59. The van der Waals surface area contributed by atoms with Crippen molar-refractivity contribution in [3.8, 4) is 0 Å². The lowest BCUT2D eigenvalue weighted by atomic mass is 10.1. The number of rotatable bonds is 11. The van der Waals surface area contributed by atoms with Gasteiger partial charge in [-0.1, -0.05) is 36.4 Å². The van der Waals surface area contributed by atoms with Gasteiger partial charge in [-0.15, -0.1) is 24.0 Å². The topological polar surface area (TPSA) is 75.5 Å². The number of halogens is 1. The molecule has 7 nitrogen and oxygen atoms in total. The Morgan fingerprint density at radius 2 is 1.81 bits per heavy atom. The molecule has 3 N–H and O–H groups in total. The minimum atomic E-state index is 0. The molecule has 0 saturated heterocycles. The molecular formula is C24H33IN6O. The van der Waals surface area contributed by atoms with Gasteiger partial charge in [-0.25, -0.2) is 4.99 Å². The number of hydrogen-bond acceptors (Lipinski definition) is 4. The third-order valence-corrected chi connectivity index (χ3v) is 4.81. The summed E-state index contributed by atoms with van der Waals surface area (Å²) >= 11 is 0. The molecule has 0 bridgehead atoms. The van der Waals surface area contributed by atoms with E-state index in [0.29, 0.717) is 19.7 Å². The molecule has 0 aliphatic carbocycles. The number of guanidine groups is 1. The maximum absolute atomic E-state index is 5.06. The number of ether oxygens (including phenoxy) is 1. The zero-order valence-corrected chi connectivity index (χ0v) is 21.1. The first-order valence-corrected chi connectivity index (χ1v) is 10.7. The van der Waals surface area contributed by atoms with Gasteiger partial charge in [0.1, 0.15) is 0 Å². The molecule has 1 heterocycles. The minimum absolute atomic E-state index is 0. The lowest BCUT2D eigenvalue weighted by molar-refractivity contribution is 0.211. The van der Waals surface area contributed by atoms with E-state index < -0.39 is 0 Å². The highest BCUT2D eigenvalue weighted by Gasteiger charge is 2.05. The molecule has 0 radical (unpaired) electrons. The number of nitrogens with one attached hydrogen (secondary N) is 3. The molecule has 8 heteroatoms. The van der Waals surface area contributed by atoms with Crippen LogP contribution in [0.5, 0.6) is 0 Å². The van der Waals surface area contributed by atoms with E-state index >= 15 is 0 Å². The maximum Gasteiger partial charge on any atom is 0.191 e. The number of aliphatic imine (C=N–C) groups is 1. The summed E-state index contributed by atoms with van der Waals surface area (Å²) < 4.78 is 7.00. The van der Waals surface area contributed by atoms with Gasteiger partial charge in [0, 0.05) is 44.8 Å². The van der Waals surface area contributed by atoms with Crippen LogP contribution in [-0.2, 0) is 24.4 Å². The van der Waals surface area contributed by atoms with Gasteiger partial charge in [0.2, 0.25) is 0 Å². The first kappa shape index (κ1) is 25.7. The van der Waals surface area contributed by atoms with Crippen molar-refractivity contribution in [2.24, 2.45) is 4.99 Å². The third kappa shape index (κ3) is 8.51. The van der Waals surface area contributed by atoms with Crippen LogP contribution in [-0.4, -0.2) is 42.5 Å². The number of anilines is 1. The van der Waals surface area contributed by atoms with E-state index in [1.165, 1.54) is 11.1 Å². The van der Waals surface area contributed by atoms with E-state index in [0.717, 1.165) is 36.8 Å². The summed E-state index contributed by atoms with van der Waals surface area (Å²) in [5.74, 6) is 0.804. The highest BCUT2D eigenvalue weighted by atomic mass is 127. The van der Waals surface area contributed by atoms with Crippen LogP contribution in [0.25, 0.3) is 0 Å². The number of nitrogens with zero attached hydrogens (tertiary/aromatic N) is 3. The second-order valence-corrected chi connectivity index (χ2v) is 7.14. The maximum atomic E-state index is 5.06. The molecule has 0 aliphatic heterocycles. The quantitative estimate of drug-likeness (QED) is 0.147. The van der Waals surface area contributed by atoms with Crippen molar-refractivity contribution >= 4 is 35.6 Å². The Labute approximate surface area is 207 Å². The van der Waals surface area contributed by atoms with Crippen LogP contribution >= 0.6 is 24.0 Å². The van der Waals surface area contributed by atoms with Crippen LogP contribution in [0.2, 0.25) is 0 Å². The van der Waals surface area contributed by atoms with Crippen molar-refractivity contribution in [2.75, 3.05) is 32.1 Å². The van der Waals surface area contributed by atoms with Crippen LogP contribution < -0.4 is 16.0 Å². The van der Waals surface area contributed by atoms with Gasteiger partial charge < -0.3 is 20.7 Å². The summed E-state index contributed by atoms with van der Waals surface area (Å²) in [4.78, 5) is 4.75. The van der Waals surface area contributed by atoms with Gasteiger partial charge in [0.15, 0.2) is 5.96 Å². The molecule has 0 amide bonds. The standard InChI is InChI=1S/C24H32N6O.HI/c1-3-25-24(27-17-20-9-11-23(12-10-20)26-14-16-31-2)28-18-21-7-4-5-8-22(21)19-30-15-6-13-29-30;/h4-13,15,26H,3,14,16-19H2,1-2H3,(H2,25,27,28);1H. The van der Waals surface area contributed by atoms with Crippen LogP contribution in [0, 0.1) is 0 Å². The van der Waals surface area contributed by atoms with E-state index in [9.17, 15) is 0 Å². The van der Waals surface area contributed by atoms with Crippen LogP contribution in [0.1, 0.15) is 23.6 Å². The van der Waals surface area contributed by atoms with E-state index in [2.05, 4.69) is 76.5 Å². The molecular weight excluding hydrogens is 515 g/mol. The lowest BCUT2D eigenvalue weighted by Gasteiger charge is -2.14. The van der Waals surface area contributed by atoms with Crippen molar-refractivity contribution in [1.82, 2.24) is 20.4 Å². The van der Waals surface area contributed by atoms with Gasteiger partial charge in [0.25, 0.3) is 0 Å². The van der Waals surface area contributed by atoms with Crippen LogP contribution in [0.3, 0.4) is 0 Å². The zero-order chi connectivity index (χ0) is 21.7. The van der Waals surface area contributed by atoms with E-state index in [4.69, 9.17) is 9.73 Å². The van der Waals surface area contributed by atoms with Crippen molar-refractivity contribution in [2.45, 2.75) is 26.6 Å². The fourth-order valence-electron chi connectivity index (χ4n) is 3.17. The molecule has 0 atom stereocenters. The highest BCUT2D eigenvalue weighted by molar-refractivity contribution is 14.0. The Balaban J connectivity index is 0.00000363. The summed E-state index contributed by atoms with van der Waals surface area (Å²) in [6.45, 7) is 6.43. The Morgan fingerprint density at radius 1 is 1.03 bits per heavy atom. The van der Waals surface area contributed by atoms with Gasteiger partial charge in [-0.2, -0.15) is 5.10 Å². The van der Waals surface area contributed by atoms with E-state index in [-0.39, 0.29) is 24.0 Å². The first-order chi connectivity index (χ1) is 15.3. The second kappa shape index (κ2) is 14.5. The van der Waals surface area contributed by atoms with Gasteiger partial charge in [-0.3, -0.25) is 4.68 Å². The fraction of sp³-hybridized carbons (Fsp3) is 0.333. The molecule has 0 saturated carbocycles. The summed E-state index contributed by atoms with van der Waals surface area (Å²) in [6, 6.07) is 18.7. The number of hydrogen-bond donors (Lipinski definition) is 3. The average molecular weight is 548 g/mol. The molecule has 3 aromatic rings. The second-order valence-electron chi connectivity index (χ2n) is 7.14. The Morgan fingerprint density at radius 3 is 2.50 bits per heavy atom. The van der Waals surface area contributed by atoms with E-state index in [1.807, 2.05) is 16.9 Å². The summed E-state index contributed by atoms with van der Waals surface area (Å²) in [5, 5.41) is 14.4. The Kier molecular flexibility index (Phi) is 11.6. The molecule has 0 spiro atoms. The van der Waals surface area contributed by atoms with Crippen molar-refractivity contribution in [3.63, 3.8) is 0 Å². The highest BCUT2D eigenvalue weighted by Crippen LogP contribution is 2.11. The van der Waals surface area contributed by atoms with E-state index in [1.54, 1.807) is 13.3 Å². The number of methoxy groups -OCH3 is 1. The molecule has 0 aliphatic rings. The zero-order valence-electron chi connectivity index (χ0n) is 18.8. The molecule has 172 valence electrons. The van der Waals surface area contributed by atoms with Gasteiger partial charge in [-0.05, 0) is 41.8 Å². The SMILES string of the molecule is CCNC(=NCc1ccc(NCCOC)cc1)NCc1ccccc1Cn1cccn1.I. The molecule has 1 aromatic heterocycles. The smallest absolute Gasteiger partial charge is 0.191 e. The van der Waals surface area contributed by atoms with Crippen molar-refractivity contribution in [1.29, 1.82) is 0 Å². The van der Waals surface area contributed by atoms with Gasteiger partial charge in [0.05, 0.1) is 19.7 Å². The molecule has 3 rings (SSSR count). The third-order valence-electron chi connectivity index (χ3n) is 4.81. The van der Waals surface area contributed by atoms with Crippen molar-refractivity contribution < 1.29 is 4.74 Å². The van der Waals surface area contributed by atoms with Crippen molar-refractivity contribution in [3.05, 3.63) is 83.7 Å². The summed E-state index contributed by atoms with van der Waals surface area (Å²) in [7, 11) is 1.71. The predicted octanol–water partition coefficient (Wildman–Crippen LogP) is 3.86. The monoisotopic (exact) mass is 548 g/mol. The van der Waals surface area contributed by atoms with Crippen LogP contribution in [0.4, 0.5) is 5.69 Å². The largest absolute Gasteiger partial charge is 0.383 e. The van der Waals surface area contributed by atoms with Gasteiger partial charge >= 0.3 is 0 Å². The summed E-state index contributed by atoms with van der Waals surface area (Å²) in [6.07, 6.45) is 3.78. The number of aromatic nitrogens is 2. The molecule has 2 aromatic carbocycles. The minimum Gasteiger partial charge on any atom is -0.383 e. The normalized spacial score (nSPS) is 11.0. The fourth-order valence-corrected chi connectivity index (χ4v) is 3.17. The first-order valence-electron chi connectivity index (χ1n) is 10.7. The molecule has 32 heavy (non-hydrogen) atoms. The average Bonchev–Trinajstić information content (AvgIpc) is 3.31.